The van der Waals surface area contributed by atoms with E-state index in [-0.39, 0.29) is 6.17 Å². The molecule has 0 saturated carbocycles. The maximum Gasteiger partial charge on any atom is 0.159 e. The van der Waals surface area contributed by atoms with E-state index in [0.29, 0.717) is 5.84 Å². The van der Waals surface area contributed by atoms with Crippen LogP contribution in [0.3, 0.4) is 0 Å². The Balaban J connectivity index is 0.954. The second kappa shape index (κ2) is 13.1. The minimum absolute atomic E-state index is 0.259. The number of nitrogens with one attached hydrogen (secondary N) is 1. The smallest absolute Gasteiger partial charge is 0.159 e. The van der Waals surface area contributed by atoms with Crippen molar-refractivity contribution in [2.75, 3.05) is 0 Å². The maximum absolute atomic E-state index is 6.52. The Hall–Kier alpha value is -7.50. The van der Waals surface area contributed by atoms with Gasteiger partial charge in [-0.25, -0.2) is 9.98 Å². The van der Waals surface area contributed by atoms with Gasteiger partial charge >= 0.3 is 0 Å². The van der Waals surface area contributed by atoms with Crippen molar-refractivity contribution in [1.82, 2.24) is 5.32 Å². The van der Waals surface area contributed by atoms with Crippen molar-refractivity contribution >= 4 is 55.5 Å². The van der Waals surface area contributed by atoms with Gasteiger partial charge in [0.2, 0.25) is 0 Å². The van der Waals surface area contributed by atoms with Gasteiger partial charge in [-0.3, -0.25) is 0 Å². The normalized spacial score (nSPS) is 14.2. The third kappa shape index (κ3) is 5.48. The fourth-order valence-corrected chi connectivity index (χ4v) is 8.02. The van der Waals surface area contributed by atoms with Gasteiger partial charge in [-0.2, -0.15) is 0 Å². The molecule has 5 heteroatoms. The zero-order chi connectivity index (χ0) is 37.0. The van der Waals surface area contributed by atoms with Crippen molar-refractivity contribution < 1.29 is 8.83 Å². The number of nitrogens with zero attached hydrogens (tertiary/aromatic N) is 2. The van der Waals surface area contributed by atoms with Crippen LogP contribution in [-0.2, 0) is 0 Å². The molecular weight excluding hydrogens is 687 g/mol. The molecule has 5 nitrogen and oxygen atoms in total. The molecule has 264 valence electrons. The Morgan fingerprint density at radius 3 is 1.93 bits per heavy atom. The molecule has 1 N–H and O–H groups in total. The summed E-state index contributed by atoms with van der Waals surface area (Å²) in [5.74, 6) is 1.49. The molecule has 3 heterocycles. The van der Waals surface area contributed by atoms with E-state index >= 15 is 0 Å². The molecule has 0 fully saturated rings. The number of aliphatic imine (C=N–C) groups is 2. The summed E-state index contributed by atoms with van der Waals surface area (Å²) >= 11 is 0. The van der Waals surface area contributed by atoms with Crippen LogP contribution >= 0.6 is 0 Å². The first-order chi connectivity index (χ1) is 27.7. The monoisotopic (exact) mass is 719 g/mol. The number of fused-ring (bicyclic) bond motifs is 6. The van der Waals surface area contributed by atoms with Gasteiger partial charge in [0.15, 0.2) is 5.84 Å². The Morgan fingerprint density at radius 2 is 1.04 bits per heavy atom. The van der Waals surface area contributed by atoms with Gasteiger partial charge in [0, 0.05) is 38.2 Å². The molecule has 2 aromatic heterocycles. The van der Waals surface area contributed by atoms with E-state index < -0.39 is 0 Å². The molecule has 0 amide bonds. The average Bonchev–Trinajstić information content (AvgIpc) is 3.85. The number of rotatable bonds is 6. The second-order valence-electron chi connectivity index (χ2n) is 14.2. The molecular formula is C51H33N3O2. The average molecular weight is 720 g/mol. The van der Waals surface area contributed by atoms with Crippen LogP contribution in [0.25, 0.3) is 77.3 Å². The number of amidine groups is 2. The van der Waals surface area contributed by atoms with Crippen molar-refractivity contribution in [2.24, 2.45) is 9.98 Å². The van der Waals surface area contributed by atoms with Crippen molar-refractivity contribution in [3.8, 4) is 33.4 Å². The van der Waals surface area contributed by atoms with Crippen molar-refractivity contribution in [3.63, 3.8) is 0 Å². The van der Waals surface area contributed by atoms with E-state index in [1.807, 2.05) is 48.5 Å². The first-order valence-electron chi connectivity index (χ1n) is 18.8. The topological polar surface area (TPSA) is 63.0 Å². The van der Waals surface area contributed by atoms with Gasteiger partial charge in [-0.05, 0) is 69.8 Å². The summed E-state index contributed by atoms with van der Waals surface area (Å²) in [5.41, 5.74) is 13.1. The molecule has 0 spiro atoms. The SMILES string of the molecule is c1ccc(C2=NC(c3ccccc3)NC(c3cccc(-c4ccc5c(c4)oc4ccc(-c6ccccc6-c6cccc7c6oc6ccccc67)cc45)c3)=N2)cc1. The van der Waals surface area contributed by atoms with Gasteiger partial charge in [0.05, 0.1) is 0 Å². The number of benzene rings is 8. The van der Waals surface area contributed by atoms with E-state index in [1.165, 1.54) is 0 Å². The van der Waals surface area contributed by atoms with Gasteiger partial charge in [0.25, 0.3) is 0 Å². The minimum Gasteiger partial charge on any atom is -0.456 e. The van der Waals surface area contributed by atoms with E-state index in [1.54, 1.807) is 0 Å². The first kappa shape index (κ1) is 32.0. The summed E-state index contributed by atoms with van der Waals surface area (Å²) in [5, 5.41) is 8.00. The van der Waals surface area contributed by atoms with Crippen LogP contribution in [0.2, 0.25) is 0 Å². The van der Waals surface area contributed by atoms with Crippen LogP contribution in [0.15, 0.2) is 207 Å². The Morgan fingerprint density at radius 1 is 0.393 bits per heavy atom. The Bertz CT molecular complexity index is 3170. The van der Waals surface area contributed by atoms with Crippen LogP contribution in [0.5, 0.6) is 0 Å². The van der Waals surface area contributed by atoms with Crippen LogP contribution in [0.4, 0.5) is 0 Å². The fraction of sp³-hybridized carbons (Fsp3) is 0.0196. The summed E-state index contributed by atoms with van der Waals surface area (Å²) in [4.78, 5) is 10.0. The number of hydrogen-bond acceptors (Lipinski definition) is 5. The molecule has 0 saturated heterocycles. The summed E-state index contributed by atoms with van der Waals surface area (Å²) in [6, 6.07) is 65.1. The minimum atomic E-state index is -0.259. The lowest BCUT2D eigenvalue weighted by atomic mass is 9.92. The molecule has 0 radical (unpaired) electrons. The molecule has 1 aliphatic heterocycles. The first-order valence-corrected chi connectivity index (χ1v) is 18.8. The molecule has 8 aromatic carbocycles. The highest BCUT2D eigenvalue weighted by molar-refractivity contribution is 6.14. The second-order valence-corrected chi connectivity index (χ2v) is 14.2. The van der Waals surface area contributed by atoms with Gasteiger partial charge < -0.3 is 14.2 Å². The molecule has 0 bridgehead atoms. The van der Waals surface area contributed by atoms with E-state index in [4.69, 9.17) is 18.8 Å². The molecule has 1 aliphatic rings. The predicted octanol–water partition coefficient (Wildman–Crippen LogP) is 13.0. The molecule has 56 heavy (non-hydrogen) atoms. The highest BCUT2D eigenvalue weighted by Gasteiger charge is 2.22. The van der Waals surface area contributed by atoms with Gasteiger partial charge in [-0.1, -0.05) is 152 Å². The highest BCUT2D eigenvalue weighted by Crippen LogP contribution is 2.41. The predicted molar refractivity (Wildman–Crippen MR) is 229 cm³/mol. The molecule has 1 unspecified atom stereocenters. The highest BCUT2D eigenvalue weighted by atomic mass is 16.3. The van der Waals surface area contributed by atoms with Gasteiger partial charge in [0.1, 0.15) is 34.3 Å². The third-order valence-corrected chi connectivity index (χ3v) is 10.8. The number of para-hydroxylation sites is 2. The fourth-order valence-electron chi connectivity index (χ4n) is 8.02. The number of hydrogen-bond donors (Lipinski definition) is 1. The summed E-state index contributed by atoms with van der Waals surface area (Å²) in [6.45, 7) is 0. The quantitative estimate of drug-likeness (QED) is 0.186. The van der Waals surface area contributed by atoms with E-state index in [2.05, 4.69) is 145 Å². The van der Waals surface area contributed by atoms with Crippen LogP contribution in [-0.4, -0.2) is 11.7 Å². The number of furan rings is 2. The largest absolute Gasteiger partial charge is 0.456 e. The maximum atomic E-state index is 6.52. The van der Waals surface area contributed by atoms with Crippen LogP contribution in [0, 0.1) is 0 Å². The zero-order valence-corrected chi connectivity index (χ0v) is 30.2. The van der Waals surface area contributed by atoms with E-state index in [0.717, 1.165) is 99.8 Å². The zero-order valence-electron chi connectivity index (χ0n) is 30.2. The van der Waals surface area contributed by atoms with E-state index in [9.17, 15) is 0 Å². The standard InChI is InChI=1S/C51H33N3O2/c1-3-13-32(14-4-1)49-52-50(33-15-5-2-6-16-33)54-51(53-49)37-18-11-17-34(29-37)35-25-27-41-44-30-36(26-28-46(44)55-47(41)31-35)38-19-7-8-20-39(38)42-22-12-23-43-40-21-9-10-24-45(40)56-48(42)43/h1-31,49H,(H,52,53,54). The van der Waals surface area contributed by atoms with Crippen LogP contribution < -0.4 is 5.32 Å². The molecule has 10 aromatic rings. The lowest BCUT2D eigenvalue weighted by molar-refractivity contribution is 0.669. The summed E-state index contributed by atoms with van der Waals surface area (Å²) in [7, 11) is 0. The lowest BCUT2D eigenvalue weighted by Crippen LogP contribution is -2.33. The Labute approximate surface area is 322 Å². The van der Waals surface area contributed by atoms with Crippen molar-refractivity contribution in [2.45, 2.75) is 6.17 Å². The summed E-state index contributed by atoms with van der Waals surface area (Å²) in [6.07, 6.45) is -0.259. The lowest BCUT2D eigenvalue weighted by Gasteiger charge is -2.24. The molecule has 0 aliphatic carbocycles. The molecule has 11 rings (SSSR count). The van der Waals surface area contributed by atoms with Crippen molar-refractivity contribution in [1.29, 1.82) is 0 Å². The summed E-state index contributed by atoms with van der Waals surface area (Å²) < 4.78 is 13.0. The van der Waals surface area contributed by atoms with Crippen LogP contribution in [0.1, 0.15) is 22.9 Å². The Kier molecular flexibility index (Phi) is 7.49. The van der Waals surface area contributed by atoms with Gasteiger partial charge in [-0.15, -0.1) is 0 Å². The van der Waals surface area contributed by atoms with Crippen molar-refractivity contribution in [3.05, 3.63) is 205 Å². The molecule has 1 atom stereocenters. The third-order valence-electron chi connectivity index (χ3n) is 10.8.